The third kappa shape index (κ3) is 4.20. The molecule has 0 fully saturated rings. The highest BCUT2D eigenvalue weighted by Crippen LogP contribution is 2.27. The molecule has 1 aromatic heterocycles. The van der Waals surface area contributed by atoms with E-state index in [0.29, 0.717) is 28.2 Å². The van der Waals surface area contributed by atoms with Crippen LogP contribution in [0.2, 0.25) is 0 Å². The number of hydrogen-bond acceptors (Lipinski definition) is 5. The van der Waals surface area contributed by atoms with Gasteiger partial charge in [0.25, 0.3) is 5.56 Å². The Bertz CT molecular complexity index is 1090. The lowest BCUT2D eigenvalue weighted by molar-refractivity contribution is -0.125. The molecule has 0 aliphatic carbocycles. The average Bonchev–Trinajstić information content (AvgIpc) is 2.71. The van der Waals surface area contributed by atoms with Gasteiger partial charge in [-0.2, -0.15) is 0 Å². The van der Waals surface area contributed by atoms with Crippen LogP contribution < -0.4 is 15.0 Å². The number of rotatable bonds is 6. The highest BCUT2D eigenvalue weighted by atomic mass is 16.5. The molecular weight excluding hydrogens is 358 g/mol. The first kappa shape index (κ1) is 19.2. The van der Waals surface area contributed by atoms with Crippen LogP contribution in [0.15, 0.2) is 53.3 Å². The summed E-state index contributed by atoms with van der Waals surface area (Å²) in [6.45, 7) is 0.190. The molecule has 7 heteroatoms. The molecule has 0 bridgehead atoms. The Kier molecular flexibility index (Phi) is 5.74. The van der Waals surface area contributed by atoms with Gasteiger partial charge >= 0.3 is 0 Å². The Labute approximate surface area is 162 Å². The van der Waals surface area contributed by atoms with Crippen LogP contribution in [0, 0.1) is 0 Å². The van der Waals surface area contributed by atoms with Gasteiger partial charge in [-0.05, 0) is 35.9 Å². The van der Waals surface area contributed by atoms with Crippen LogP contribution in [0.1, 0.15) is 11.4 Å². The maximum atomic E-state index is 12.4. The van der Waals surface area contributed by atoms with Gasteiger partial charge in [0, 0.05) is 13.1 Å². The number of nitrogens with zero attached hydrogens (tertiary/aromatic N) is 2. The highest BCUT2D eigenvalue weighted by Gasteiger charge is 2.10. The molecule has 1 heterocycles. The van der Waals surface area contributed by atoms with E-state index in [2.05, 4.69) is 9.97 Å². The van der Waals surface area contributed by atoms with E-state index < -0.39 is 0 Å². The maximum absolute atomic E-state index is 12.4. The van der Waals surface area contributed by atoms with Gasteiger partial charge in [-0.25, -0.2) is 4.98 Å². The Morgan fingerprint density at radius 2 is 1.89 bits per heavy atom. The lowest BCUT2D eigenvalue weighted by Crippen LogP contribution is -2.26. The Hall–Kier alpha value is -3.61. The van der Waals surface area contributed by atoms with E-state index in [1.165, 1.54) is 11.0 Å². The number of methoxy groups -OCH3 is 2. The van der Waals surface area contributed by atoms with Crippen molar-refractivity contribution < 1.29 is 14.3 Å². The van der Waals surface area contributed by atoms with Gasteiger partial charge in [-0.3, -0.25) is 9.59 Å². The predicted octanol–water partition coefficient (Wildman–Crippen LogP) is 2.61. The first-order chi connectivity index (χ1) is 13.5. The molecule has 0 aliphatic rings. The molecule has 144 valence electrons. The molecule has 1 amide bonds. The molecule has 2 aromatic carbocycles. The molecule has 0 radical (unpaired) electrons. The molecule has 3 rings (SSSR count). The summed E-state index contributed by atoms with van der Waals surface area (Å²) >= 11 is 0. The van der Waals surface area contributed by atoms with Crippen LogP contribution in [-0.2, 0) is 11.3 Å². The zero-order valence-corrected chi connectivity index (χ0v) is 15.9. The van der Waals surface area contributed by atoms with Crippen LogP contribution in [0.4, 0.5) is 0 Å². The number of H-pyrrole nitrogens is 1. The number of hydrogen-bond donors (Lipinski definition) is 1. The first-order valence-electron chi connectivity index (χ1n) is 8.65. The number of carbonyl (C=O) groups excluding carboxylic acids is 1. The van der Waals surface area contributed by atoms with E-state index in [0.717, 1.165) is 5.56 Å². The molecule has 0 saturated carbocycles. The second kappa shape index (κ2) is 8.39. The van der Waals surface area contributed by atoms with Crippen molar-refractivity contribution in [2.24, 2.45) is 0 Å². The number of benzene rings is 2. The number of likely N-dealkylation sites (N-methyl/N-ethyl adjacent to an activating group) is 1. The normalized spacial score (nSPS) is 11.0. The molecule has 0 saturated heterocycles. The van der Waals surface area contributed by atoms with Crippen molar-refractivity contribution in [3.05, 3.63) is 70.3 Å². The fraction of sp³-hybridized carbons (Fsp3) is 0.190. The molecule has 0 aliphatic heterocycles. The maximum Gasteiger partial charge on any atom is 0.258 e. The van der Waals surface area contributed by atoms with Crippen molar-refractivity contribution in [2.75, 3.05) is 21.3 Å². The number of ether oxygens (including phenoxy) is 2. The van der Waals surface area contributed by atoms with Crippen molar-refractivity contribution in [1.82, 2.24) is 14.9 Å². The molecule has 3 aromatic rings. The van der Waals surface area contributed by atoms with Crippen LogP contribution in [0.5, 0.6) is 11.5 Å². The molecule has 7 nitrogen and oxygen atoms in total. The van der Waals surface area contributed by atoms with Crippen molar-refractivity contribution in [2.45, 2.75) is 6.54 Å². The van der Waals surface area contributed by atoms with E-state index in [-0.39, 0.29) is 18.0 Å². The summed E-state index contributed by atoms with van der Waals surface area (Å²) < 4.78 is 10.5. The van der Waals surface area contributed by atoms with E-state index in [1.807, 2.05) is 12.1 Å². The smallest absolute Gasteiger partial charge is 0.258 e. The van der Waals surface area contributed by atoms with Crippen LogP contribution in [0.25, 0.3) is 17.0 Å². The summed E-state index contributed by atoms with van der Waals surface area (Å²) in [4.78, 5) is 33.2. The van der Waals surface area contributed by atoms with Gasteiger partial charge in [-0.15, -0.1) is 0 Å². The third-order valence-electron chi connectivity index (χ3n) is 4.25. The number of aromatic nitrogens is 2. The van der Waals surface area contributed by atoms with Gasteiger partial charge in [-0.1, -0.05) is 18.2 Å². The fourth-order valence-corrected chi connectivity index (χ4v) is 2.76. The van der Waals surface area contributed by atoms with Crippen molar-refractivity contribution in [3.8, 4) is 11.5 Å². The zero-order chi connectivity index (χ0) is 20.1. The SMILES string of the molecule is COc1ccc(/C=C/C(=O)N(C)Cc2nc3ccccc3c(=O)[nH]2)cc1OC. The van der Waals surface area contributed by atoms with E-state index in [1.54, 1.807) is 57.7 Å². The largest absolute Gasteiger partial charge is 0.493 e. The van der Waals surface area contributed by atoms with Crippen LogP contribution in [-0.4, -0.2) is 42.0 Å². The summed E-state index contributed by atoms with van der Waals surface area (Å²) in [7, 11) is 4.77. The Morgan fingerprint density at radius 3 is 2.64 bits per heavy atom. The quantitative estimate of drug-likeness (QED) is 0.666. The summed E-state index contributed by atoms with van der Waals surface area (Å²) in [5, 5.41) is 0.522. The van der Waals surface area contributed by atoms with Gasteiger partial charge < -0.3 is 19.4 Å². The summed E-state index contributed by atoms with van der Waals surface area (Å²) in [6.07, 6.45) is 3.15. The van der Waals surface area contributed by atoms with Crippen LogP contribution >= 0.6 is 0 Å². The highest BCUT2D eigenvalue weighted by molar-refractivity contribution is 5.91. The third-order valence-corrected chi connectivity index (χ3v) is 4.25. The molecule has 1 N–H and O–H groups in total. The van der Waals surface area contributed by atoms with E-state index >= 15 is 0 Å². The monoisotopic (exact) mass is 379 g/mol. The molecule has 0 unspecified atom stereocenters. The lowest BCUT2D eigenvalue weighted by atomic mass is 10.2. The summed E-state index contributed by atoms with van der Waals surface area (Å²) in [5.74, 6) is 1.42. The Balaban J connectivity index is 1.73. The number of nitrogens with one attached hydrogen (secondary N) is 1. The number of aromatic amines is 1. The summed E-state index contributed by atoms with van der Waals surface area (Å²) in [5.41, 5.74) is 1.18. The first-order valence-corrected chi connectivity index (χ1v) is 8.65. The lowest BCUT2D eigenvalue weighted by Gasteiger charge is -2.14. The molecule has 28 heavy (non-hydrogen) atoms. The average molecular weight is 379 g/mol. The van der Waals surface area contributed by atoms with E-state index in [4.69, 9.17) is 9.47 Å². The van der Waals surface area contributed by atoms with Crippen molar-refractivity contribution >= 4 is 22.9 Å². The molecule has 0 atom stereocenters. The number of fused-ring (bicyclic) bond motifs is 1. The summed E-state index contributed by atoms with van der Waals surface area (Å²) in [6, 6.07) is 12.5. The number of para-hydroxylation sites is 1. The minimum Gasteiger partial charge on any atom is -0.493 e. The standard InChI is InChI=1S/C21H21N3O4/c1-24(13-19-22-16-7-5-4-6-15(16)21(26)23-19)20(25)11-9-14-8-10-17(27-2)18(12-14)28-3/h4-12H,13H2,1-3H3,(H,22,23,26)/b11-9+. The molecule has 0 spiro atoms. The number of amides is 1. The topological polar surface area (TPSA) is 84.5 Å². The van der Waals surface area contributed by atoms with Gasteiger partial charge in [0.1, 0.15) is 5.82 Å². The second-order valence-corrected chi connectivity index (χ2v) is 6.17. The minimum absolute atomic E-state index is 0.190. The van der Waals surface area contributed by atoms with Gasteiger partial charge in [0.15, 0.2) is 11.5 Å². The van der Waals surface area contributed by atoms with Crippen molar-refractivity contribution in [1.29, 1.82) is 0 Å². The fourth-order valence-electron chi connectivity index (χ4n) is 2.76. The van der Waals surface area contributed by atoms with Crippen LogP contribution in [0.3, 0.4) is 0 Å². The number of carbonyl (C=O) groups is 1. The van der Waals surface area contributed by atoms with Gasteiger partial charge in [0.05, 0.1) is 31.7 Å². The second-order valence-electron chi connectivity index (χ2n) is 6.17. The zero-order valence-electron chi connectivity index (χ0n) is 15.9. The van der Waals surface area contributed by atoms with Crippen molar-refractivity contribution in [3.63, 3.8) is 0 Å². The van der Waals surface area contributed by atoms with E-state index in [9.17, 15) is 9.59 Å². The molecular formula is C21H21N3O4. The predicted molar refractivity (Wildman–Crippen MR) is 107 cm³/mol. The minimum atomic E-state index is -0.220. The Morgan fingerprint density at radius 1 is 1.14 bits per heavy atom. The van der Waals surface area contributed by atoms with Gasteiger partial charge in [0.2, 0.25) is 5.91 Å².